The first-order valence-corrected chi connectivity index (χ1v) is 8.36. The fraction of sp³-hybridized carbons (Fsp3) is 0.211. The van der Waals surface area contributed by atoms with Gasteiger partial charge in [0.1, 0.15) is 17.3 Å². The van der Waals surface area contributed by atoms with Gasteiger partial charge in [-0.25, -0.2) is 4.98 Å². The molecule has 0 bridgehead atoms. The number of phenolic OH excluding ortho intramolecular Hbond substituents is 2. The standard InChI is InChI=1S/C19H18N4O3/c24-14-2-1-13(17(25)9-14)10-23-8-5-15-16(11-23)21-18(22-19(15)26)12-3-6-20-7-4-12/h1-4,6-7,9,24-25H,5,8,10-11H2,(H,21,22,26). The Balaban J connectivity index is 1.61. The highest BCUT2D eigenvalue weighted by Crippen LogP contribution is 2.26. The number of aromatic nitrogens is 3. The third-order valence-corrected chi connectivity index (χ3v) is 4.57. The molecular weight excluding hydrogens is 332 g/mol. The van der Waals surface area contributed by atoms with E-state index in [2.05, 4.69) is 19.9 Å². The molecule has 0 saturated carbocycles. The summed E-state index contributed by atoms with van der Waals surface area (Å²) in [5.41, 5.74) is 2.91. The number of fused-ring (bicyclic) bond motifs is 1. The lowest BCUT2D eigenvalue weighted by atomic mass is 10.0. The Morgan fingerprint density at radius 3 is 2.73 bits per heavy atom. The van der Waals surface area contributed by atoms with Crippen LogP contribution in [0, 0.1) is 0 Å². The number of benzene rings is 1. The summed E-state index contributed by atoms with van der Waals surface area (Å²) in [5, 5.41) is 19.4. The summed E-state index contributed by atoms with van der Waals surface area (Å²) in [6.07, 6.45) is 3.93. The minimum atomic E-state index is -0.103. The van der Waals surface area contributed by atoms with E-state index < -0.39 is 0 Å². The normalized spacial score (nSPS) is 14.2. The molecule has 7 nitrogen and oxygen atoms in total. The number of rotatable bonds is 3. The van der Waals surface area contributed by atoms with Crippen LogP contribution in [0.3, 0.4) is 0 Å². The van der Waals surface area contributed by atoms with Crippen molar-refractivity contribution in [3.63, 3.8) is 0 Å². The average molecular weight is 350 g/mol. The molecule has 0 aliphatic carbocycles. The SMILES string of the molecule is O=c1[nH]c(-c2ccncc2)nc2c1CCN(Cc1ccc(O)cc1O)C2. The quantitative estimate of drug-likeness (QED) is 0.666. The maximum absolute atomic E-state index is 12.4. The van der Waals surface area contributed by atoms with E-state index in [9.17, 15) is 15.0 Å². The summed E-state index contributed by atoms with van der Waals surface area (Å²) < 4.78 is 0. The lowest BCUT2D eigenvalue weighted by Gasteiger charge is -2.28. The smallest absolute Gasteiger partial charge is 0.254 e. The van der Waals surface area contributed by atoms with Crippen molar-refractivity contribution >= 4 is 0 Å². The van der Waals surface area contributed by atoms with E-state index in [0.717, 1.165) is 16.8 Å². The number of nitrogens with zero attached hydrogens (tertiary/aromatic N) is 3. The molecule has 3 N–H and O–H groups in total. The summed E-state index contributed by atoms with van der Waals surface area (Å²) in [5.74, 6) is 0.628. The molecule has 0 saturated heterocycles. The average Bonchev–Trinajstić information content (AvgIpc) is 2.64. The lowest BCUT2D eigenvalue weighted by Crippen LogP contribution is -2.35. The molecule has 0 radical (unpaired) electrons. The van der Waals surface area contributed by atoms with Gasteiger partial charge in [-0.3, -0.25) is 14.7 Å². The number of phenols is 2. The molecular formula is C19H18N4O3. The number of pyridine rings is 1. The van der Waals surface area contributed by atoms with E-state index in [1.54, 1.807) is 36.7 Å². The van der Waals surface area contributed by atoms with E-state index in [4.69, 9.17) is 0 Å². The number of nitrogens with one attached hydrogen (secondary N) is 1. The maximum Gasteiger partial charge on any atom is 0.254 e. The molecule has 0 spiro atoms. The summed E-state index contributed by atoms with van der Waals surface area (Å²) in [6, 6.07) is 8.20. The molecule has 4 rings (SSSR count). The molecule has 1 aliphatic heterocycles. The van der Waals surface area contributed by atoms with Crippen LogP contribution in [-0.4, -0.2) is 36.6 Å². The van der Waals surface area contributed by atoms with Gasteiger partial charge in [-0.05, 0) is 24.6 Å². The predicted molar refractivity (Wildman–Crippen MR) is 95.7 cm³/mol. The fourth-order valence-electron chi connectivity index (χ4n) is 3.20. The Labute approximate surface area is 149 Å². The van der Waals surface area contributed by atoms with E-state index in [-0.39, 0.29) is 17.1 Å². The first kappa shape index (κ1) is 16.3. The number of hydrogen-bond donors (Lipinski definition) is 3. The molecule has 3 heterocycles. The topological polar surface area (TPSA) is 102 Å². The second kappa shape index (κ2) is 6.61. The number of aromatic hydroxyl groups is 2. The van der Waals surface area contributed by atoms with Gasteiger partial charge in [-0.2, -0.15) is 0 Å². The summed E-state index contributed by atoms with van der Waals surface area (Å²) in [4.78, 5) is 26.0. The van der Waals surface area contributed by atoms with Crippen molar-refractivity contribution in [2.24, 2.45) is 0 Å². The van der Waals surface area contributed by atoms with Gasteiger partial charge in [-0.15, -0.1) is 0 Å². The van der Waals surface area contributed by atoms with Gasteiger partial charge in [0.15, 0.2) is 0 Å². The van der Waals surface area contributed by atoms with Gasteiger partial charge in [0.2, 0.25) is 0 Å². The van der Waals surface area contributed by atoms with Crippen LogP contribution in [0.2, 0.25) is 0 Å². The Hall–Kier alpha value is -3.19. The Bertz CT molecular complexity index is 1000. The van der Waals surface area contributed by atoms with E-state index in [1.807, 2.05) is 0 Å². The van der Waals surface area contributed by atoms with Crippen LogP contribution < -0.4 is 5.56 Å². The monoisotopic (exact) mass is 350 g/mol. The highest BCUT2D eigenvalue weighted by Gasteiger charge is 2.22. The van der Waals surface area contributed by atoms with E-state index >= 15 is 0 Å². The van der Waals surface area contributed by atoms with Crippen LogP contribution >= 0.6 is 0 Å². The van der Waals surface area contributed by atoms with Gasteiger partial charge >= 0.3 is 0 Å². The summed E-state index contributed by atoms with van der Waals surface area (Å²) in [7, 11) is 0. The highest BCUT2D eigenvalue weighted by atomic mass is 16.3. The molecule has 7 heteroatoms. The van der Waals surface area contributed by atoms with Crippen LogP contribution in [0.5, 0.6) is 11.5 Å². The van der Waals surface area contributed by atoms with Crippen molar-refractivity contribution < 1.29 is 10.2 Å². The zero-order valence-corrected chi connectivity index (χ0v) is 14.0. The van der Waals surface area contributed by atoms with Gasteiger partial charge in [0.25, 0.3) is 5.56 Å². The Morgan fingerprint density at radius 2 is 1.96 bits per heavy atom. The molecule has 1 aromatic carbocycles. The minimum Gasteiger partial charge on any atom is -0.508 e. The molecule has 0 amide bonds. The van der Waals surface area contributed by atoms with Crippen molar-refractivity contribution in [2.75, 3.05) is 6.54 Å². The molecule has 2 aromatic heterocycles. The molecule has 0 unspecified atom stereocenters. The molecule has 1 aliphatic rings. The van der Waals surface area contributed by atoms with Crippen LogP contribution in [-0.2, 0) is 19.5 Å². The first-order valence-electron chi connectivity index (χ1n) is 8.36. The number of hydrogen-bond acceptors (Lipinski definition) is 6. The molecule has 3 aromatic rings. The van der Waals surface area contributed by atoms with Crippen molar-refractivity contribution in [1.29, 1.82) is 0 Å². The molecule has 26 heavy (non-hydrogen) atoms. The zero-order valence-electron chi connectivity index (χ0n) is 14.0. The van der Waals surface area contributed by atoms with Crippen molar-refractivity contribution in [1.82, 2.24) is 19.9 Å². The van der Waals surface area contributed by atoms with Crippen molar-refractivity contribution in [2.45, 2.75) is 19.5 Å². The molecule has 0 atom stereocenters. The fourth-order valence-corrected chi connectivity index (χ4v) is 3.20. The second-order valence-electron chi connectivity index (χ2n) is 6.35. The molecule has 0 fully saturated rings. The van der Waals surface area contributed by atoms with Crippen LogP contribution in [0.4, 0.5) is 0 Å². The Kier molecular flexibility index (Phi) is 4.14. The van der Waals surface area contributed by atoms with Gasteiger partial charge in [0.05, 0.1) is 5.69 Å². The van der Waals surface area contributed by atoms with Crippen LogP contribution in [0.1, 0.15) is 16.8 Å². The Morgan fingerprint density at radius 1 is 1.15 bits per heavy atom. The summed E-state index contributed by atoms with van der Waals surface area (Å²) >= 11 is 0. The van der Waals surface area contributed by atoms with Crippen molar-refractivity contribution in [3.05, 3.63) is 69.9 Å². The second-order valence-corrected chi connectivity index (χ2v) is 6.35. The van der Waals surface area contributed by atoms with Crippen LogP contribution in [0.25, 0.3) is 11.4 Å². The van der Waals surface area contributed by atoms with Crippen molar-refractivity contribution in [3.8, 4) is 22.9 Å². The summed E-state index contributed by atoms with van der Waals surface area (Å²) in [6.45, 7) is 1.74. The highest BCUT2D eigenvalue weighted by molar-refractivity contribution is 5.54. The van der Waals surface area contributed by atoms with Gasteiger partial charge < -0.3 is 15.2 Å². The van der Waals surface area contributed by atoms with Crippen LogP contribution in [0.15, 0.2) is 47.5 Å². The van der Waals surface area contributed by atoms with Gasteiger partial charge in [0, 0.05) is 54.8 Å². The molecule has 132 valence electrons. The third kappa shape index (κ3) is 3.16. The third-order valence-electron chi connectivity index (χ3n) is 4.57. The van der Waals surface area contributed by atoms with E-state index in [1.165, 1.54) is 6.07 Å². The maximum atomic E-state index is 12.4. The van der Waals surface area contributed by atoms with Gasteiger partial charge in [-0.1, -0.05) is 6.07 Å². The minimum absolute atomic E-state index is 0.0328. The number of H-pyrrole nitrogens is 1. The lowest BCUT2D eigenvalue weighted by molar-refractivity contribution is 0.237. The first-order chi connectivity index (χ1) is 12.6. The number of aromatic amines is 1. The predicted octanol–water partition coefficient (Wildman–Crippen LogP) is 1.80. The largest absolute Gasteiger partial charge is 0.508 e. The van der Waals surface area contributed by atoms with E-state index in [0.29, 0.717) is 37.4 Å². The zero-order chi connectivity index (χ0) is 18.1.